The maximum Gasteiger partial charge on any atom is 0.500 e. The van der Waals surface area contributed by atoms with Crippen molar-refractivity contribution in [3.05, 3.63) is 0 Å². The molecule has 428 valence electrons. The molecular weight excluding hydrogens is 1120 g/mol. The molecule has 0 aliphatic rings. The maximum atomic E-state index is 13.3. The van der Waals surface area contributed by atoms with E-state index in [0.29, 0.717) is 0 Å². The fraction of sp³-hybridized carbons (Fsp3) is 1.00. The van der Waals surface area contributed by atoms with Crippen molar-refractivity contribution in [3.63, 3.8) is 0 Å². The summed E-state index contributed by atoms with van der Waals surface area (Å²) < 4.78 is 353. The molecule has 70 heavy (non-hydrogen) atoms. The number of alkyl halides is 24. The van der Waals surface area contributed by atoms with Crippen LogP contribution in [0.3, 0.4) is 0 Å². The molecule has 0 amide bonds. The molecule has 0 aromatic heterocycles. The van der Waals surface area contributed by atoms with Gasteiger partial charge in [0, 0.05) is 135 Å². The molecule has 0 radical (unpaired) electrons. The summed E-state index contributed by atoms with van der Waals surface area (Å²) in [5.74, 6) is -35.4. The molecule has 0 aliphatic heterocycles. The monoisotopic (exact) mass is 1170 g/mol. The summed E-state index contributed by atoms with van der Waals surface area (Å²) >= 11 is 0. The Hall–Kier alpha value is -1.29. The van der Waals surface area contributed by atoms with E-state index in [4.69, 9.17) is 26.6 Å². The van der Waals surface area contributed by atoms with E-state index in [-0.39, 0.29) is 6.04 Å². The first kappa shape index (κ1) is 75.2. The second-order valence-electron chi connectivity index (χ2n) is 13.1. The van der Waals surface area contributed by atoms with Gasteiger partial charge in [0.1, 0.15) is 0 Å². The Kier molecular flexibility index (Phi) is 30.7. The van der Waals surface area contributed by atoms with Crippen LogP contribution in [-0.2, 0) is 53.1 Å². The molecule has 0 N–H and O–H groups in total. The summed E-state index contributed by atoms with van der Waals surface area (Å²) in [6.07, 6.45) is -29.1. The summed E-state index contributed by atoms with van der Waals surface area (Å²) in [5, 5.41) is 0. The normalized spacial score (nSPS) is 14.6. The molecule has 0 spiro atoms. The second kappa shape index (κ2) is 28.6. The minimum Gasteiger partial charge on any atom is -0.377 e. The SMILES string of the molecule is CO[Si](CCC(F)(F)C(F)(F)C(F)(F)C(F)(F)F)(OC)OC.CO[Si](CCC(F)(F)C(F)(F)C(F)(F)F)(OC)OC.CO[Si](CCC(F)(F)C(F)(F)F)(OC)OC.CO[Si](CCC(F)(F)F)(OC)OC. The predicted molar refractivity (Wildman–Crippen MR) is 199 cm³/mol. The smallest absolute Gasteiger partial charge is 0.377 e. The summed E-state index contributed by atoms with van der Waals surface area (Å²) in [7, 11) is -0.764. The van der Waals surface area contributed by atoms with Crippen molar-refractivity contribution >= 4 is 35.2 Å². The summed E-state index contributed by atoms with van der Waals surface area (Å²) in [6.45, 7) is 0. The fourth-order valence-electron chi connectivity index (χ4n) is 4.52. The van der Waals surface area contributed by atoms with Crippen molar-refractivity contribution in [2.75, 3.05) is 85.3 Å². The van der Waals surface area contributed by atoms with Gasteiger partial charge in [-0.1, -0.05) is 0 Å². The van der Waals surface area contributed by atoms with Crippen molar-refractivity contribution in [3.8, 4) is 0 Å². The average Bonchev–Trinajstić information content (AvgIpc) is 3.25. The molecule has 0 aromatic rings. The van der Waals surface area contributed by atoms with Crippen molar-refractivity contribution in [2.45, 2.75) is 110 Å². The highest BCUT2D eigenvalue weighted by Crippen LogP contribution is 2.55. The Morgan fingerprint density at radius 2 is 0.414 bits per heavy atom. The van der Waals surface area contributed by atoms with Gasteiger partial charge in [0.25, 0.3) is 0 Å². The Labute approximate surface area is 389 Å². The Balaban J connectivity index is -0.000000422. The van der Waals surface area contributed by atoms with Crippen LogP contribution in [0.4, 0.5) is 105 Å². The second-order valence-corrected chi connectivity index (χ2v) is 25.5. The van der Waals surface area contributed by atoms with Gasteiger partial charge in [0.2, 0.25) is 0 Å². The zero-order valence-corrected chi connectivity index (χ0v) is 42.6. The first-order valence-corrected chi connectivity index (χ1v) is 25.9. The van der Waals surface area contributed by atoms with Gasteiger partial charge in [-0.3, -0.25) is 0 Å². The van der Waals surface area contributed by atoms with Crippen LogP contribution in [0.25, 0.3) is 0 Å². The lowest BCUT2D eigenvalue weighted by Crippen LogP contribution is -2.61. The van der Waals surface area contributed by atoms with E-state index in [2.05, 4.69) is 26.6 Å². The van der Waals surface area contributed by atoms with Crippen LogP contribution in [0.2, 0.25) is 24.2 Å². The standard InChI is InChI=1S/C9H13F9O3Si.C8H13F7O3Si.C7H13F5O3Si.C6H13F3O3Si/c1-19-22(20-2,21-3)5-4-6(10,11)7(12,13)8(14,15)9(16,17)18;1-16-19(17-2,18-3)5-4-6(9,10)7(11,12)8(13,14)15;1-13-16(14-2,15-3)5-4-6(8,9)7(10,11)12;1-10-13(11-2,12-3)5-4-6(7,8)9/h4-5H2,1-3H3;4-5H2,1-3H3;4-5H2,1-3H3;4-5H2,1-3H3. The largest absolute Gasteiger partial charge is 0.500 e. The topological polar surface area (TPSA) is 111 Å². The van der Waals surface area contributed by atoms with E-state index >= 15 is 0 Å². The Morgan fingerprint density at radius 3 is 0.586 bits per heavy atom. The lowest BCUT2D eigenvalue weighted by molar-refractivity contribution is -0.396. The van der Waals surface area contributed by atoms with E-state index in [0.717, 1.165) is 64.0 Å². The molecular formula is C30H52F24O12Si4. The van der Waals surface area contributed by atoms with Crippen molar-refractivity contribution < 1.29 is 158 Å². The summed E-state index contributed by atoms with van der Waals surface area (Å²) in [4.78, 5) is 0. The third-order valence-electron chi connectivity index (χ3n) is 9.12. The molecule has 12 nitrogen and oxygen atoms in total. The van der Waals surface area contributed by atoms with Crippen LogP contribution in [0, 0.1) is 0 Å². The van der Waals surface area contributed by atoms with Crippen LogP contribution in [0.1, 0.15) is 25.7 Å². The maximum absolute atomic E-state index is 13.3. The van der Waals surface area contributed by atoms with Crippen LogP contribution >= 0.6 is 0 Å². The highest BCUT2D eigenvalue weighted by atomic mass is 28.4. The van der Waals surface area contributed by atoms with Crippen molar-refractivity contribution in [1.29, 1.82) is 0 Å². The van der Waals surface area contributed by atoms with E-state index < -0.39 is 139 Å². The summed E-state index contributed by atoms with van der Waals surface area (Å²) in [6, 6.07) is -2.83. The zero-order chi connectivity index (χ0) is 57.1. The molecule has 0 saturated carbocycles. The average molecular weight is 1170 g/mol. The first-order valence-electron chi connectivity index (χ1n) is 18.2. The van der Waals surface area contributed by atoms with E-state index in [1.165, 1.54) is 21.3 Å². The van der Waals surface area contributed by atoms with Gasteiger partial charge >= 0.3 is 95.5 Å². The third-order valence-corrected chi connectivity index (χ3v) is 20.0. The van der Waals surface area contributed by atoms with Crippen LogP contribution in [0.15, 0.2) is 0 Å². The number of hydrogen-bond acceptors (Lipinski definition) is 12. The van der Waals surface area contributed by atoms with Crippen molar-refractivity contribution in [1.82, 2.24) is 0 Å². The number of hydrogen-bond donors (Lipinski definition) is 0. The first-order chi connectivity index (χ1) is 31.1. The highest BCUT2D eigenvalue weighted by Gasteiger charge is 2.81. The minimum absolute atomic E-state index is 0.250. The lowest BCUT2D eigenvalue weighted by atomic mass is 10.0. The van der Waals surface area contributed by atoms with E-state index in [9.17, 15) is 105 Å². The van der Waals surface area contributed by atoms with E-state index in [1.54, 1.807) is 0 Å². The Bertz CT molecular complexity index is 1390. The molecule has 0 rings (SSSR count). The Morgan fingerprint density at radius 1 is 0.229 bits per heavy atom. The van der Waals surface area contributed by atoms with Gasteiger partial charge in [-0.05, 0) is 0 Å². The molecule has 0 saturated heterocycles. The molecule has 0 fully saturated rings. The molecule has 0 aliphatic carbocycles. The van der Waals surface area contributed by atoms with Gasteiger partial charge in [-0.25, -0.2) is 0 Å². The van der Waals surface area contributed by atoms with Gasteiger partial charge < -0.3 is 53.1 Å². The third kappa shape index (κ3) is 21.1. The molecule has 0 atom stereocenters. The van der Waals surface area contributed by atoms with Crippen LogP contribution in [0.5, 0.6) is 0 Å². The zero-order valence-electron chi connectivity index (χ0n) is 38.6. The quantitative estimate of drug-likeness (QED) is 0.0607. The van der Waals surface area contributed by atoms with Gasteiger partial charge in [0.05, 0.1) is 0 Å². The molecule has 0 aromatic carbocycles. The van der Waals surface area contributed by atoms with E-state index in [1.807, 2.05) is 0 Å². The number of halogens is 24. The molecule has 0 unspecified atom stereocenters. The minimum atomic E-state index is -6.90. The fourth-order valence-corrected chi connectivity index (χ4v) is 11.4. The van der Waals surface area contributed by atoms with Gasteiger partial charge in [-0.2, -0.15) is 105 Å². The molecule has 0 heterocycles. The van der Waals surface area contributed by atoms with Crippen molar-refractivity contribution in [2.24, 2.45) is 0 Å². The lowest BCUT2D eigenvalue weighted by Gasteiger charge is -2.34. The molecule has 40 heteroatoms. The highest BCUT2D eigenvalue weighted by molar-refractivity contribution is 6.61. The summed E-state index contributed by atoms with van der Waals surface area (Å²) in [5.41, 5.74) is 0. The number of rotatable bonds is 26. The predicted octanol–water partition coefficient (Wildman–Crippen LogP) is 11.1. The van der Waals surface area contributed by atoms with Gasteiger partial charge in [0.15, 0.2) is 0 Å². The van der Waals surface area contributed by atoms with Crippen LogP contribution in [-0.4, -0.2) is 181 Å². The van der Waals surface area contributed by atoms with Gasteiger partial charge in [-0.15, -0.1) is 0 Å². The van der Waals surface area contributed by atoms with Crippen LogP contribution < -0.4 is 0 Å². The molecule has 0 bridgehead atoms.